The highest BCUT2D eigenvalue weighted by Gasteiger charge is 2.29. The smallest absolute Gasteiger partial charge is 0.219 e. The summed E-state index contributed by atoms with van der Waals surface area (Å²) in [5, 5.41) is 44.0. The second-order valence-electron chi connectivity index (χ2n) is 3.72. The molecule has 0 amide bonds. The minimum Gasteiger partial charge on any atom is -0.441 e. The molecule has 0 aromatic heterocycles. The van der Waals surface area contributed by atoms with E-state index in [-0.39, 0.29) is 5.75 Å². The predicted octanol–water partition coefficient (Wildman–Crippen LogP) is -1.30. The number of ether oxygens (including phenoxy) is 1. The monoisotopic (exact) mass is 256 g/mol. The molecule has 100 valence electrons. The molecule has 7 nitrogen and oxygen atoms in total. The Morgan fingerprint density at radius 1 is 1.22 bits per heavy atom. The highest BCUT2D eigenvalue weighted by Crippen LogP contribution is 2.14. The lowest BCUT2D eigenvalue weighted by atomic mass is 10.1. The standard InChI is InChI=1S/C11H16N2O5/c12-6-1-3-7(4-2-6)18-11(13)10(17)9(16)8(15)5-14/h1-4,8-10,13-17H,5,12H2/t8-,9-,10-/m1/s1. The Balaban J connectivity index is 2.62. The first kappa shape index (κ1) is 14.4. The second-order valence-corrected chi connectivity index (χ2v) is 3.72. The fraction of sp³-hybridized carbons (Fsp3) is 0.364. The van der Waals surface area contributed by atoms with Crippen LogP contribution in [0.2, 0.25) is 0 Å². The molecule has 7 N–H and O–H groups in total. The van der Waals surface area contributed by atoms with Gasteiger partial charge in [-0.3, -0.25) is 5.41 Å². The number of aliphatic hydroxyl groups excluding tert-OH is 4. The minimum atomic E-state index is -1.73. The van der Waals surface area contributed by atoms with Crippen molar-refractivity contribution in [1.82, 2.24) is 0 Å². The van der Waals surface area contributed by atoms with E-state index < -0.39 is 30.8 Å². The fourth-order valence-corrected chi connectivity index (χ4v) is 1.20. The molecule has 0 aliphatic rings. The molecule has 18 heavy (non-hydrogen) atoms. The maximum atomic E-state index is 9.51. The fourth-order valence-electron chi connectivity index (χ4n) is 1.20. The first-order chi connectivity index (χ1) is 8.45. The number of hydrogen-bond acceptors (Lipinski definition) is 7. The molecule has 1 aromatic rings. The molecule has 0 unspecified atom stereocenters. The van der Waals surface area contributed by atoms with E-state index in [1.807, 2.05) is 0 Å². The van der Waals surface area contributed by atoms with Gasteiger partial charge in [0.25, 0.3) is 0 Å². The van der Waals surface area contributed by atoms with Crippen LogP contribution in [0.4, 0.5) is 5.69 Å². The number of nitrogens with two attached hydrogens (primary N) is 1. The van der Waals surface area contributed by atoms with Crippen molar-refractivity contribution < 1.29 is 25.2 Å². The van der Waals surface area contributed by atoms with E-state index in [4.69, 9.17) is 26.1 Å². The lowest BCUT2D eigenvalue weighted by Crippen LogP contribution is -2.45. The number of aliphatic hydroxyl groups is 4. The van der Waals surface area contributed by atoms with Crippen molar-refractivity contribution in [2.24, 2.45) is 0 Å². The van der Waals surface area contributed by atoms with Crippen LogP contribution in [0.3, 0.4) is 0 Å². The molecule has 1 rings (SSSR count). The third-order valence-electron chi connectivity index (χ3n) is 2.28. The quantitative estimate of drug-likeness (QED) is 0.220. The molecular formula is C11H16N2O5. The van der Waals surface area contributed by atoms with Gasteiger partial charge >= 0.3 is 0 Å². The first-order valence-corrected chi connectivity index (χ1v) is 5.22. The van der Waals surface area contributed by atoms with Gasteiger partial charge in [-0.15, -0.1) is 0 Å². The first-order valence-electron chi connectivity index (χ1n) is 5.22. The largest absolute Gasteiger partial charge is 0.441 e. The van der Waals surface area contributed by atoms with Gasteiger partial charge in [0, 0.05) is 5.69 Å². The van der Waals surface area contributed by atoms with Crippen LogP contribution in [-0.2, 0) is 0 Å². The normalized spacial score (nSPS) is 15.8. The highest BCUT2D eigenvalue weighted by molar-refractivity contribution is 5.80. The molecule has 0 radical (unpaired) electrons. The van der Waals surface area contributed by atoms with Crippen molar-refractivity contribution >= 4 is 11.6 Å². The van der Waals surface area contributed by atoms with Gasteiger partial charge in [-0.05, 0) is 24.3 Å². The molecule has 0 heterocycles. The molecule has 1 aromatic carbocycles. The third-order valence-corrected chi connectivity index (χ3v) is 2.28. The highest BCUT2D eigenvalue weighted by atomic mass is 16.5. The Hall–Kier alpha value is -1.67. The van der Waals surface area contributed by atoms with E-state index in [2.05, 4.69) is 0 Å². The molecule has 0 saturated heterocycles. The molecule has 0 saturated carbocycles. The summed E-state index contributed by atoms with van der Waals surface area (Å²) in [5.41, 5.74) is 5.98. The predicted molar refractivity (Wildman–Crippen MR) is 64.3 cm³/mol. The summed E-state index contributed by atoms with van der Waals surface area (Å²) in [7, 11) is 0. The Morgan fingerprint density at radius 2 is 1.78 bits per heavy atom. The average molecular weight is 256 g/mol. The SMILES string of the molecule is N=C(Oc1ccc(N)cc1)[C@H](O)[C@H](O)[C@H](O)CO. The maximum Gasteiger partial charge on any atom is 0.219 e. The molecule has 0 spiro atoms. The Kier molecular flexibility index (Phi) is 5.05. The Morgan fingerprint density at radius 3 is 2.28 bits per heavy atom. The van der Waals surface area contributed by atoms with Gasteiger partial charge in [0.2, 0.25) is 5.90 Å². The number of nitrogens with one attached hydrogen (secondary N) is 1. The summed E-state index contributed by atoms with van der Waals surface area (Å²) in [6.45, 7) is -0.729. The summed E-state index contributed by atoms with van der Waals surface area (Å²) in [6.07, 6.45) is -4.98. The van der Waals surface area contributed by atoms with Gasteiger partial charge in [-0.2, -0.15) is 0 Å². The summed E-state index contributed by atoms with van der Waals surface area (Å²) in [4.78, 5) is 0. The zero-order valence-corrected chi connectivity index (χ0v) is 9.52. The van der Waals surface area contributed by atoms with Crippen LogP contribution >= 0.6 is 0 Å². The Bertz CT molecular complexity index is 395. The van der Waals surface area contributed by atoms with Crippen LogP contribution in [0.15, 0.2) is 24.3 Å². The van der Waals surface area contributed by atoms with Crippen LogP contribution in [0.1, 0.15) is 0 Å². The van der Waals surface area contributed by atoms with Crippen molar-refractivity contribution in [2.75, 3.05) is 12.3 Å². The lowest BCUT2D eigenvalue weighted by molar-refractivity contribution is -0.0589. The van der Waals surface area contributed by atoms with E-state index in [1.54, 1.807) is 12.1 Å². The van der Waals surface area contributed by atoms with E-state index in [0.717, 1.165) is 0 Å². The maximum absolute atomic E-state index is 9.51. The van der Waals surface area contributed by atoms with Gasteiger partial charge in [0.1, 0.15) is 18.0 Å². The number of rotatable bonds is 5. The minimum absolute atomic E-state index is 0.263. The van der Waals surface area contributed by atoms with Crippen LogP contribution in [0.25, 0.3) is 0 Å². The molecule has 7 heteroatoms. The molecule has 0 bridgehead atoms. The van der Waals surface area contributed by atoms with Crippen LogP contribution in [0.5, 0.6) is 5.75 Å². The van der Waals surface area contributed by atoms with Gasteiger partial charge in [0.05, 0.1) is 6.61 Å². The number of hydrogen-bond donors (Lipinski definition) is 6. The van der Waals surface area contributed by atoms with Crippen molar-refractivity contribution in [3.05, 3.63) is 24.3 Å². The van der Waals surface area contributed by atoms with E-state index in [0.29, 0.717) is 5.69 Å². The summed E-state index contributed by atoms with van der Waals surface area (Å²) in [5.74, 6) is -0.376. The van der Waals surface area contributed by atoms with Crippen molar-refractivity contribution in [1.29, 1.82) is 5.41 Å². The molecule has 3 atom stereocenters. The average Bonchev–Trinajstić information content (AvgIpc) is 2.38. The third kappa shape index (κ3) is 3.67. The van der Waals surface area contributed by atoms with Crippen LogP contribution in [0, 0.1) is 5.41 Å². The van der Waals surface area contributed by atoms with Gasteiger partial charge in [-0.25, -0.2) is 0 Å². The number of nitrogen functional groups attached to an aromatic ring is 1. The van der Waals surface area contributed by atoms with Crippen molar-refractivity contribution in [3.8, 4) is 5.75 Å². The van der Waals surface area contributed by atoms with E-state index >= 15 is 0 Å². The molecule has 0 aliphatic carbocycles. The zero-order chi connectivity index (χ0) is 13.7. The van der Waals surface area contributed by atoms with E-state index in [9.17, 15) is 10.2 Å². The van der Waals surface area contributed by atoms with Gasteiger partial charge in [-0.1, -0.05) is 0 Å². The van der Waals surface area contributed by atoms with E-state index in [1.165, 1.54) is 12.1 Å². The molecule has 0 aliphatic heterocycles. The number of anilines is 1. The lowest BCUT2D eigenvalue weighted by Gasteiger charge is -2.21. The number of benzene rings is 1. The van der Waals surface area contributed by atoms with Gasteiger partial charge < -0.3 is 30.9 Å². The summed E-state index contributed by atoms with van der Waals surface area (Å²) < 4.78 is 4.97. The zero-order valence-electron chi connectivity index (χ0n) is 9.52. The van der Waals surface area contributed by atoms with Crippen molar-refractivity contribution in [2.45, 2.75) is 18.3 Å². The van der Waals surface area contributed by atoms with Crippen LogP contribution < -0.4 is 10.5 Å². The summed E-state index contributed by atoms with van der Waals surface area (Å²) >= 11 is 0. The van der Waals surface area contributed by atoms with Crippen LogP contribution in [-0.4, -0.2) is 51.2 Å². The molecular weight excluding hydrogens is 240 g/mol. The summed E-state index contributed by atoms with van der Waals surface area (Å²) in [6, 6.07) is 6.08. The van der Waals surface area contributed by atoms with Gasteiger partial charge in [0.15, 0.2) is 6.10 Å². The van der Waals surface area contributed by atoms with Crippen molar-refractivity contribution in [3.63, 3.8) is 0 Å². The Labute approximate surface area is 104 Å². The molecule has 0 fully saturated rings. The second kappa shape index (κ2) is 6.31. The topological polar surface area (TPSA) is 140 Å².